The Morgan fingerprint density at radius 2 is 2.23 bits per heavy atom. The molecule has 1 fully saturated rings. The zero-order valence-corrected chi connectivity index (χ0v) is 16.4. The van der Waals surface area contributed by atoms with Crippen LogP contribution in [0.15, 0.2) is 34.9 Å². The SMILES string of the molecule is COc1cccc([C@H]2CC(=O)N3CN(CCC(C)C)CSC3=C2C#N)c1. The van der Waals surface area contributed by atoms with Crippen LogP contribution in [0.2, 0.25) is 0 Å². The molecule has 1 aromatic rings. The molecule has 1 aromatic carbocycles. The van der Waals surface area contributed by atoms with Crippen molar-refractivity contribution in [2.24, 2.45) is 5.92 Å². The molecule has 1 saturated heterocycles. The number of hydrogen-bond acceptors (Lipinski definition) is 5. The molecule has 2 aliphatic heterocycles. The number of amides is 1. The van der Waals surface area contributed by atoms with E-state index in [-0.39, 0.29) is 11.8 Å². The Hall–Kier alpha value is -1.97. The molecular formula is C20H25N3O2S. The highest BCUT2D eigenvalue weighted by atomic mass is 32.2. The van der Waals surface area contributed by atoms with E-state index in [1.165, 1.54) is 0 Å². The second kappa shape index (κ2) is 8.15. The number of carbonyl (C=O) groups excluding carboxylic acids is 1. The van der Waals surface area contributed by atoms with Crippen LogP contribution >= 0.6 is 11.8 Å². The van der Waals surface area contributed by atoms with Gasteiger partial charge in [0.05, 0.1) is 36.3 Å². The van der Waals surface area contributed by atoms with E-state index in [9.17, 15) is 10.1 Å². The molecule has 0 aliphatic carbocycles. The first-order chi connectivity index (χ1) is 12.5. The Morgan fingerprint density at radius 1 is 1.42 bits per heavy atom. The number of rotatable bonds is 5. The maximum Gasteiger partial charge on any atom is 0.229 e. The normalized spacial score (nSPS) is 21.0. The largest absolute Gasteiger partial charge is 0.497 e. The van der Waals surface area contributed by atoms with Gasteiger partial charge in [0.25, 0.3) is 0 Å². The molecule has 2 heterocycles. The van der Waals surface area contributed by atoms with Gasteiger partial charge in [-0.05, 0) is 30.0 Å². The van der Waals surface area contributed by atoms with E-state index in [1.807, 2.05) is 24.3 Å². The van der Waals surface area contributed by atoms with Crippen molar-refractivity contribution >= 4 is 17.7 Å². The molecule has 0 spiro atoms. The fourth-order valence-corrected chi connectivity index (χ4v) is 4.51. The molecule has 2 aliphatic rings. The van der Waals surface area contributed by atoms with Crippen LogP contribution in [0, 0.1) is 17.2 Å². The number of fused-ring (bicyclic) bond motifs is 1. The summed E-state index contributed by atoms with van der Waals surface area (Å²) in [6, 6.07) is 10.1. The van der Waals surface area contributed by atoms with Gasteiger partial charge in [-0.1, -0.05) is 37.7 Å². The number of benzene rings is 1. The molecule has 0 saturated carbocycles. The second-order valence-corrected chi connectivity index (χ2v) is 8.11. The number of nitriles is 1. The van der Waals surface area contributed by atoms with Crippen molar-refractivity contribution in [1.82, 2.24) is 9.80 Å². The summed E-state index contributed by atoms with van der Waals surface area (Å²) in [6.07, 6.45) is 1.44. The Labute approximate surface area is 159 Å². The molecule has 3 rings (SSSR count). The summed E-state index contributed by atoms with van der Waals surface area (Å²) in [5, 5.41) is 10.6. The highest BCUT2D eigenvalue weighted by Gasteiger charge is 2.38. The Kier molecular flexibility index (Phi) is 5.90. The van der Waals surface area contributed by atoms with Crippen molar-refractivity contribution in [2.45, 2.75) is 32.6 Å². The zero-order chi connectivity index (χ0) is 18.7. The lowest BCUT2D eigenvalue weighted by molar-refractivity contribution is -0.131. The summed E-state index contributed by atoms with van der Waals surface area (Å²) in [5.41, 5.74) is 1.66. The predicted octanol–water partition coefficient (Wildman–Crippen LogP) is 3.76. The van der Waals surface area contributed by atoms with E-state index in [4.69, 9.17) is 4.74 Å². The standard InChI is InChI=1S/C20H25N3O2S/c1-14(2)7-8-22-12-23-19(24)10-17(18(11-21)20(23)26-13-22)15-5-4-6-16(9-15)25-3/h4-6,9,14,17H,7-8,10,12-13H2,1-3H3/t17-/m1/s1. The molecule has 1 atom stereocenters. The van der Waals surface area contributed by atoms with Crippen molar-refractivity contribution in [3.05, 3.63) is 40.4 Å². The van der Waals surface area contributed by atoms with Crippen LogP contribution in [-0.2, 0) is 4.79 Å². The van der Waals surface area contributed by atoms with Crippen LogP contribution in [0.25, 0.3) is 0 Å². The highest BCUT2D eigenvalue weighted by Crippen LogP contribution is 2.42. The molecule has 26 heavy (non-hydrogen) atoms. The second-order valence-electron chi connectivity index (χ2n) is 7.18. The van der Waals surface area contributed by atoms with Gasteiger partial charge in [0.15, 0.2) is 0 Å². The minimum absolute atomic E-state index is 0.0913. The van der Waals surface area contributed by atoms with E-state index in [1.54, 1.807) is 23.8 Å². The summed E-state index contributed by atoms with van der Waals surface area (Å²) in [7, 11) is 1.62. The lowest BCUT2D eigenvalue weighted by atomic mass is 9.86. The lowest BCUT2D eigenvalue weighted by Crippen LogP contribution is -2.47. The number of ether oxygens (including phenoxy) is 1. The first kappa shape index (κ1) is 18.8. The molecule has 5 nitrogen and oxygen atoms in total. The predicted molar refractivity (Wildman–Crippen MR) is 103 cm³/mol. The minimum Gasteiger partial charge on any atom is -0.497 e. The van der Waals surface area contributed by atoms with Gasteiger partial charge in [-0.25, -0.2) is 0 Å². The third-order valence-electron chi connectivity index (χ3n) is 4.87. The number of methoxy groups -OCH3 is 1. The Morgan fingerprint density at radius 3 is 2.92 bits per heavy atom. The van der Waals surface area contributed by atoms with Gasteiger partial charge in [0, 0.05) is 18.9 Å². The molecule has 0 bridgehead atoms. The number of carbonyl (C=O) groups is 1. The monoisotopic (exact) mass is 371 g/mol. The smallest absolute Gasteiger partial charge is 0.229 e. The van der Waals surface area contributed by atoms with Gasteiger partial charge in [-0.3, -0.25) is 14.6 Å². The fourth-order valence-electron chi connectivity index (χ4n) is 3.33. The summed E-state index contributed by atoms with van der Waals surface area (Å²) in [6.45, 7) is 5.98. The average molecular weight is 372 g/mol. The van der Waals surface area contributed by atoms with Crippen molar-refractivity contribution in [2.75, 3.05) is 26.2 Å². The lowest BCUT2D eigenvalue weighted by Gasteiger charge is -2.41. The van der Waals surface area contributed by atoms with Crippen molar-refractivity contribution in [3.63, 3.8) is 0 Å². The molecule has 0 radical (unpaired) electrons. The summed E-state index contributed by atoms with van der Waals surface area (Å²) < 4.78 is 5.30. The van der Waals surface area contributed by atoms with Gasteiger partial charge < -0.3 is 4.74 Å². The average Bonchev–Trinajstić information content (AvgIpc) is 2.66. The summed E-state index contributed by atoms with van der Waals surface area (Å²) >= 11 is 1.61. The van der Waals surface area contributed by atoms with Gasteiger partial charge in [-0.15, -0.1) is 0 Å². The van der Waals surface area contributed by atoms with Crippen LogP contribution in [0.5, 0.6) is 5.75 Å². The molecular weight excluding hydrogens is 346 g/mol. The van der Waals surface area contributed by atoms with Gasteiger partial charge in [-0.2, -0.15) is 5.26 Å². The zero-order valence-electron chi connectivity index (χ0n) is 15.6. The summed E-state index contributed by atoms with van der Waals surface area (Å²) in [4.78, 5) is 16.9. The van der Waals surface area contributed by atoms with Crippen molar-refractivity contribution in [1.29, 1.82) is 5.26 Å². The number of nitrogens with zero attached hydrogens (tertiary/aromatic N) is 3. The first-order valence-electron chi connectivity index (χ1n) is 8.97. The van der Waals surface area contributed by atoms with Crippen molar-refractivity contribution in [3.8, 4) is 11.8 Å². The minimum atomic E-state index is -0.191. The van der Waals surface area contributed by atoms with E-state index >= 15 is 0 Å². The maximum atomic E-state index is 12.8. The van der Waals surface area contributed by atoms with Crippen LogP contribution in [0.3, 0.4) is 0 Å². The Bertz CT molecular complexity index is 754. The van der Waals surface area contributed by atoms with E-state index in [0.717, 1.165) is 35.2 Å². The number of thioether (sulfide) groups is 1. The summed E-state index contributed by atoms with van der Waals surface area (Å²) in [5.74, 6) is 2.11. The van der Waals surface area contributed by atoms with Crippen LogP contribution in [-0.4, -0.2) is 41.9 Å². The molecule has 0 unspecified atom stereocenters. The van der Waals surface area contributed by atoms with Crippen molar-refractivity contribution < 1.29 is 9.53 Å². The fraction of sp³-hybridized carbons (Fsp3) is 0.500. The van der Waals surface area contributed by atoms with Crippen LogP contribution in [0.4, 0.5) is 0 Å². The number of allylic oxidation sites excluding steroid dienone is 1. The third-order valence-corrected chi connectivity index (χ3v) is 6.08. The quantitative estimate of drug-likeness (QED) is 0.789. The van der Waals surface area contributed by atoms with Gasteiger partial charge in [0.2, 0.25) is 5.91 Å². The Balaban J connectivity index is 1.86. The maximum absolute atomic E-state index is 12.8. The topological polar surface area (TPSA) is 56.6 Å². The molecule has 0 N–H and O–H groups in total. The van der Waals surface area contributed by atoms with Crippen LogP contribution < -0.4 is 4.74 Å². The molecule has 1 amide bonds. The highest BCUT2D eigenvalue weighted by molar-refractivity contribution is 8.03. The molecule has 6 heteroatoms. The van der Waals surface area contributed by atoms with E-state index in [2.05, 4.69) is 24.8 Å². The van der Waals surface area contributed by atoms with Crippen LogP contribution in [0.1, 0.15) is 38.2 Å². The molecule has 138 valence electrons. The third kappa shape index (κ3) is 3.89. The van der Waals surface area contributed by atoms with Gasteiger partial charge in [0.1, 0.15) is 5.75 Å². The first-order valence-corrected chi connectivity index (χ1v) is 9.95. The molecule has 0 aromatic heterocycles. The van der Waals surface area contributed by atoms with Gasteiger partial charge >= 0.3 is 0 Å². The van der Waals surface area contributed by atoms with E-state index in [0.29, 0.717) is 24.6 Å². The number of hydrogen-bond donors (Lipinski definition) is 0. The van der Waals surface area contributed by atoms with E-state index < -0.39 is 0 Å².